The number of amides is 2. The van der Waals surface area contributed by atoms with E-state index in [1.165, 1.54) is 0 Å². The first-order chi connectivity index (χ1) is 15.9. The van der Waals surface area contributed by atoms with E-state index in [0.717, 1.165) is 35.1 Å². The van der Waals surface area contributed by atoms with E-state index in [-0.39, 0.29) is 19.1 Å². The molecule has 33 heavy (non-hydrogen) atoms. The van der Waals surface area contributed by atoms with Crippen LogP contribution in [-0.2, 0) is 14.3 Å². The predicted octanol–water partition coefficient (Wildman–Crippen LogP) is 3.99. The first kappa shape index (κ1) is 22.6. The highest BCUT2D eigenvalue weighted by Crippen LogP contribution is 2.44. The Morgan fingerprint density at radius 2 is 1.61 bits per heavy atom. The quantitative estimate of drug-likeness (QED) is 0.556. The van der Waals surface area contributed by atoms with Gasteiger partial charge in [-0.1, -0.05) is 67.4 Å². The molecule has 2 aliphatic rings. The fraction of sp³-hybridized carbons (Fsp3) is 0.346. The number of carboxylic acids is 1. The van der Waals surface area contributed by atoms with E-state index in [0.29, 0.717) is 18.4 Å². The second kappa shape index (κ2) is 9.48. The number of aliphatic carboxylic acids is 1. The highest BCUT2D eigenvalue weighted by atomic mass is 16.5. The fourth-order valence-electron chi connectivity index (χ4n) is 4.72. The molecular weight excluding hydrogens is 420 g/mol. The lowest BCUT2D eigenvalue weighted by atomic mass is 9.97. The Hall–Kier alpha value is -3.61. The average Bonchev–Trinajstić information content (AvgIpc) is 3.41. The third-order valence-corrected chi connectivity index (χ3v) is 6.58. The van der Waals surface area contributed by atoms with Crippen LogP contribution in [-0.4, -0.2) is 41.8 Å². The van der Waals surface area contributed by atoms with Crippen LogP contribution in [0.2, 0.25) is 0 Å². The molecule has 2 aliphatic carbocycles. The highest BCUT2D eigenvalue weighted by molar-refractivity contribution is 5.97. The number of fused-ring (bicyclic) bond motifs is 3. The van der Waals surface area contributed by atoms with E-state index in [9.17, 15) is 19.5 Å². The maximum atomic E-state index is 12.4. The van der Waals surface area contributed by atoms with Crippen LogP contribution < -0.4 is 10.6 Å². The van der Waals surface area contributed by atoms with Crippen molar-refractivity contribution in [2.45, 2.75) is 44.1 Å². The lowest BCUT2D eigenvalue weighted by Crippen LogP contribution is -2.52. The molecule has 0 spiro atoms. The first-order valence-electron chi connectivity index (χ1n) is 11.2. The van der Waals surface area contributed by atoms with Crippen molar-refractivity contribution in [1.82, 2.24) is 10.6 Å². The summed E-state index contributed by atoms with van der Waals surface area (Å²) in [6.45, 7) is 1.92. The van der Waals surface area contributed by atoms with Gasteiger partial charge in [-0.3, -0.25) is 4.79 Å². The van der Waals surface area contributed by atoms with Crippen molar-refractivity contribution < 1.29 is 24.2 Å². The zero-order chi connectivity index (χ0) is 23.4. The van der Waals surface area contributed by atoms with Crippen molar-refractivity contribution in [1.29, 1.82) is 0 Å². The van der Waals surface area contributed by atoms with E-state index in [1.54, 1.807) is 13.0 Å². The standard InChI is InChI=1S/C26H28N2O5/c1-17(23(29)28-26(24(30)31)13-6-7-14-26)12-15-27-25(32)33-16-22-20-10-4-2-8-18(20)19-9-3-5-11-21(19)22/h2-5,8-12,22H,6-7,13-16H2,1H3,(H,27,32)(H,28,29)(H,30,31)/b17-12+. The molecule has 1 fully saturated rings. The summed E-state index contributed by atoms with van der Waals surface area (Å²) in [4.78, 5) is 36.3. The van der Waals surface area contributed by atoms with Gasteiger partial charge in [0.2, 0.25) is 5.91 Å². The summed E-state index contributed by atoms with van der Waals surface area (Å²) < 4.78 is 5.48. The number of carbonyl (C=O) groups is 3. The van der Waals surface area contributed by atoms with Gasteiger partial charge in [-0.15, -0.1) is 0 Å². The molecule has 3 N–H and O–H groups in total. The third-order valence-electron chi connectivity index (χ3n) is 6.58. The topological polar surface area (TPSA) is 105 Å². The second-order valence-electron chi connectivity index (χ2n) is 8.64. The van der Waals surface area contributed by atoms with Crippen LogP contribution in [0.5, 0.6) is 0 Å². The van der Waals surface area contributed by atoms with Gasteiger partial charge in [-0.25, -0.2) is 9.59 Å². The van der Waals surface area contributed by atoms with Gasteiger partial charge in [0.1, 0.15) is 12.1 Å². The van der Waals surface area contributed by atoms with Gasteiger partial charge in [0.15, 0.2) is 0 Å². The minimum Gasteiger partial charge on any atom is -0.480 e. The first-order valence-corrected chi connectivity index (χ1v) is 11.2. The molecular formula is C26H28N2O5. The fourth-order valence-corrected chi connectivity index (χ4v) is 4.72. The van der Waals surface area contributed by atoms with E-state index in [4.69, 9.17) is 4.74 Å². The number of carboxylic acid groups (broad SMARTS) is 1. The summed E-state index contributed by atoms with van der Waals surface area (Å²) in [6, 6.07) is 16.2. The number of rotatable bonds is 7. The second-order valence-corrected chi connectivity index (χ2v) is 8.64. The van der Waals surface area contributed by atoms with Gasteiger partial charge in [0.05, 0.1) is 0 Å². The van der Waals surface area contributed by atoms with Crippen molar-refractivity contribution in [2.24, 2.45) is 0 Å². The number of hydrogen-bond donors (Lipinski definition) is 3. The molecule has 2 amide bonds. The summed E-state index contributed by atoms with van der Waals surface area (Å²) in [5.74, 6) is -1.46. The van der Waals surface area contributed by atoms with Gasteiger partial charge in [-0.05, 0) is 42.0 Å². The Balaban J connectivity index is 1.30. The summed E-state index contributed by atoms with van der Waals surface area (Å²) in [5, 5.41) is 14.8. The molecule has 0 atom stereocenters. The average molecular weight is 449 g/mol. The van der Waals surface area contributed by atoms with E-state index in [1.807, 2.05) is 24.3 Å². The van der Waals surface area contributed by atoms with E-state index < -0.39 is 23.5 Å². The molecule has 0 unspecified atom stereocenters. The maximum absolute atomic E-state index is 12.4. The van der Waals surface area contributed by atoms with Crippen LogP contribution in [0.1, 0.15) is 49.7 Å². The van der Waals surface area contributed by atoms with Crippen molar-refractivity contribution in [3.63, 3.8) is 0 Å². The Morgan fingerprint density at radius 3 is 2.18 bits per heavy atom. The van der Waals surface area contributed by atoms with Gasteiger partial charge >= 0.3 is 12.1 Å². The Labute approximate surface area is 192 Å². The largest absolute Gasteiger partial charge is 0.480 e. The van der Waals surface area contributed by atoms with Gasteiger partial charge < -0.3 is 20.5 Å². The zero-order valence-electron chi connectivity index (χ0n) is 18.6. The molecule has 0 aromatic heterocycles. The smallest absolute Gasteiger partial charge is 0.407 e. The molecule has 7 heteroatoms. The Bertz CT molecular complexity index is 1060. The molecule has 1 saturated carbocycles. The van der Waals surface area contributed by atoms with Crippen LogP contribution in [0.25, 0.3) is 11.1 Å². The highest BCUT2D eigenvalue weighted by Gasteiger charge is 2.42. The monoisotopic (exact) mass is 448 g/mol. The van der Waals surface area contributed by atoms with E-state index >= 15 is 0 Å². The van der Waals surface area contributed by atoms with Crippen LogP contribution in [0.4, 0.5) is 4.79 Å². The molecule has 172 valence electrons. The summed E-state index contributed by atoms with van der Waals surface area (Å²) in [5.41, 5.74) is 3.76. The third kappa shape index (κ3) is 4.62. The van der Waals surface area contributed by atoms with Gasteiger partial charge in [0, 0.05) is 18.0 Å². The molecule has 4 rings (SSSR count). The van der Waals surface area contributed by atoms with Gasteiger partial charge in [0.25, 0.3) is 0 Å². The Kier molecular flexibility index (Phi) is 6.49. The van der Waals surface area contributed by atoms with Crippen LogP contribution in [0, 0.1) is 0 Å². The summed E-state index contributed by atoms with van der Waals surface area (Å²) >= 11 is 0. The van der Waals surface area contributed by atoms with Crippen LogP contribution in [0.3, 0.4) is 0 Å². The molecule has 2 aromatic rings. The van der Waals surface area contributed by atoms with Crippen LogP contribution >= 0.6 is 0 Å². The molecule has 7 nitrogen and oxygen atoms in total. The van der Waals surface area contributed by atoms with E-state index in [2.05, 4.69) is 34.9 Å². The van der Waals surface area contributed by atoms with Crippen molar-refractivity contribution in [2.75, 3.05) is 13.2 Å². The molecule has 0 radical (unpaired) electrons. The molecule has 0 saturated heterocycles. The zero-order valence-corrected chi connectivity index (χ0v) is 18.6. The molecule has 0 aliphatic heterocycles. The minimum atomic E-state index is -1.19. The number of ether oxygens (including phenoxy) is 1. The van der Waals surface area contributed by atoms with Gasteiger partial charge in [-0.2, -0.15) is 0 Å². The molecule has 0 heterocycles. The van der Waals surface area contributed by atoms with Crippen molar-refractivity contribution >= 4 is 18.0 Å². The lowest BCUT2D eigenvalue weighted by molar-refractivity contribution is -0.146. The Morgan fingerprint density at radius 1 is 1.03 bits per heavy atom. The van der Waals surface area contributed by atoms with Crippen molar-refractivity contribution in [3.8, 4) is 11.1 Å². The van der Waals surface area contributed by atoms with Crippen LogP contribution in [0.15, 0.2) is 60.2 Å². The number of benzene rings is 2. The SMILES string of the molecule is C/C(=C\CNC(=O)OCC1c2ccccc2-c2ccccc21)C(=O)NC1(C(=O)O)CCCC1. The number of carbonyl (C=O) groups excluding carboxylic acids is 2. The minimum absolute atomic E-state index is 0.0233. The lowest BCUT2D eigenvalue weighted by Gasteiger charge is -2.25. The van der Waals surface area contributed by atoms with Crippen molar-refractivity contribution in [3.05, 3.63) is 71.3 Å². The number of alkyl carbamates (subject to hydrolysis) is 1. The molecule has 0 bridgehead atoms. The summed E-state index contributed by atoms with van der Waals surface area (Å²) in [6.07, 6.45) is 3.40. The predicted molar refractivity (Wildman–Crippen MR) is 124 cm³/mol. The molecule has 2 aromatic carbocycles. The normalized spacial score (nSPS) is 16.6. The summed E-state index contributed by atoms with van der Waals surface area (Å²) in [7, 11) is 0. The number of hydrogen-bond acceptors (Lipinski definition) is 4. The number of nitrogens with one attached hydrogen (secondary N) is 2. The maximum Gasteiger partial charge on any atom is 0.407 e.